The average Bonchev–Trinajstić information content (AvgIpc) is 2.35. The van der Waals surface area contributed by atoms with E-state index in [0.29, 0.717) is 5.75 Å². The number of hydrogen-bond acceptors (Lipinski definition) is 4. The predicted octanol–water partition coefficient (Wildman–Crippen LogP) is 1.60. The van der Waals surface area contributed by atoms with Crippen molar-refractivity contribution in [1.82, 2.24) is 10.2 Å². The molecule has 0 aromatic rings. The van der Waals surface area contributed by atoms with E-state index < -0.39 is 0 Å². The molecule has 0 aliphatic heterocycles. The molecule has 18 heavy (non-hydrogen) atoms. The second kappa shape index (κ2) is 8.77. The molecule has 4 nitrogen and oxygen atoms in total. The van der Waals surface area contributed by atoms with E-state index in [9.17, 15) is 4.79 Å². The van der Waals surface area contributed by atoms with Gasteiger partial charge < -0.3 is 15.0 Å². The van der Waals surface area contributed by atoms with E-state index in [1.54, 1.807) is 18.9 Å². The van der Waals surface area contributed by atoms with E-state index in [2.05, 4.69) is 19.2 Å². The Hall–Kier alpha value is -0.260. The smallest absolute Gasteiger partial charge is 0.232 e. The lowest BCUT2D eigenvalue weighted by Crippen LogP contribution is -2.48. The van der Waals surface area contributed by atoms with Crippen molar-refractivity contribution in [2.45, 2.75) is 39.3 Å². The molecule has 0 bridgehead atoms. The SMILES string of the molecule is CCN(CC)C(=O)CSCC(NC)C(C)(C)OC. The number of likely N-dealkylation sites (N-methyl/N-ethyl adjacent to an activating group) is 1. The summed E-state index contributed by atoms with van der Waals surface area (Å²) >= 11 is 1.66. The zero-order chi connectivity index (χ0) is 14.2. The van der Waals surface area contributed by atoms with E-state index in [1.807, 2.05) is 25.8 Å². The van der Waals surface area contributed by atoms with Crippen LogP contribution in [0.5, 0.6) is 0 Å². The number of rotatable bonds is 9. The predicted molar refractivity (Wildman–Crippen MR) is 79.2 cm³/mol. The first-order valence-electron chi connectivity index (χ1n) is 6.50. The van der Waals surface area contributed by atoms with Crippen LogP contribution in [0.2, 0.25) is 0 Å². The Morgan fingerprint density at radius 1 is 1.39 bits per heavy atom. The summed E-state index contributed by atoms with van der Waals surface area (Å²) in [5.41, 5.74) is -0.222. The number of thioether (sulfide) groups is 1. The first kappa shape index (κ1) is 17.7. The summed E-state index contributed by atoms with van der Waals surface area (Å²) in [5, 5.41) is 3.25. The maximum absolute atomic E-state index is 11.8. The Morgan fingerprint density at radius 2 is 1.94 bits per heavy atom. The summed E-state index contributed by atoms with van der Waals surface area (Å²) in [4.78, 5) is 13.7. The van der Waals surface area contributed by atoms with Gasteiger partial charge in [-0.15, -0.1) is 0 Å². The minimum Gasteiger partial charge on any atom is -0.377 e. The third kappa shape index (κ3) is 5.59. The second-order valence-corrected chi connectivity index (χ2v) is 5.76. The third-order valence-corrected chi connectivity index (χ3v) is 4.36. The molecule has 0 saturated heterocycles. The minimum atomic E-state index is -0.222. The molecule has 1 unspecified atom stereocenters. The monoisotopic (exact) mass is 276 g/mol. The maximum atomic E-state index is 11.8. The largest absolute Gasteiger partial charge is 0.377 e. The van der Waals surface area contributed by atoms with Crippen LogP contribution in [0.1, 0.15) is 27.7 Å². The molecule has 108 valence electrons. The summed E-state index contributed by atoms with van der Waals surface area (Å²) < 4.78 is 5.47. The van der Waals surface area contributed by atoms with E-state index in [1.165, 1.54) is 0 Å². The summed E-state index contributed by atoms with van der Waals surface area (Å²) in [7, 11) is 3.65. The van der Waals surface area contributed by atoms with Gasteiger partial charge in [0.05, 0.1) is 11.4 Å². The Kier molecular flexibility index (Phi) is 8.65. The highest BCUT2D eigenvalue weighted by atomic mass is 32.2. The van der Waals surface area contributed by atoms with E-state index in [0.717, 1.165) is 18.8 Å². The third-order valence-electron chi connectivity index (χ3n) is 3.34. The Morgan fingerprint density at radius 3 is 2.33 bits per heavy atom. The van der Waals surface area contributed by atoms with Crippen LogP contribution >= 0.6 is 11.8 Å². The van der Waals surface area contributed by atoms with Crippen molar-refractivity contribution >= 4 is 17.7 Å². The zero-order valence-electron chi connectivity index (χ0n) is 12.6. The van der Waals surface area contributed by atoms with Gasteiger partial charge in [0.1, 0.15) is 0 Å². The Labute approximate surface area is 116 Å². The highest BCUT2D eigenvalue weighted by molar-refractivity contribution is 8.00. The Bertz CT molecular complexity index is 243. The molecule has 0 fully saturated rings. The first-order valence-corrected chi connectivity index (χ1v) is 7.66. The van der Waals surface area contributed by atoms with Crippen molar-refractivity contribution in [3.8, 4) is 0 Å². The van der Waals surface area contributed by atoms with Crippen molar-refractivity contribution < 1.29 is 9.53 Å². The molecular formula is C13H28N2O2S. The average molecular weight is 276 g/mol. The zero-order valence-corrected chi connectivity index (χ0v) is 13.4. The van der Waals surface area contributed by atoms with Gasteiger partial charge in [-0.05, 0) is 34.7 Å². The summed E-state index contributed by atoms with van der Waals surface area (Å²) in [6.45, 7) is 9.71. The fourth-order valence-corrected chi connectivity index (χ4v) is 2.98. The molecule has 0 aromatic heterocycles. The van der Waals surface area contributed by atoms with Gasteiger partial charge in [-0.3, -0.25) is 4.79 Å². The summed E-state index contributed by atoms with van der Waals surface area (Å²) in [5.74, 6) is 1.62. The van der Waals surface area contributed by atoms with Crippen molar-refractivity contribution in [1.29, 1.82) is 0 Å². The van der Waals surface area contributed by atoms with Crippen LogP contribution in [0.15, 0.2) is 0 Å². The number of hydrogen-bond donors (Lipinski definition) is 1. The quantitative estimate of drug-likeness (QED) is 0.694. The number of nitrogens with zero attached hydrogens (tertiary/aromatic N) is 1. The molecule has 0 spiro atoms. The number of carbonyl (C=O) groups is 1. The molecule has 1 atom stereocenters. The van der Waals surface area contributed by atoms with Gasteiger partial charge in [-0.25, -0.2) is 0 Å². The minimum absolute atomic E-state index is 0.218. The standard InChI is InChI=1S/C13H28N2O2S/c1-7-15(8-2)12(16)10-18-9-11(14-5)13(3,4)17-6/h11,14H,7-10H2,1-6H3. The van der Waals surface area contributed by atoms with Crippen molar-refractivity contribution in [2.75, 3.05) is 38.8 Å². The molecule has 0 aromatic carbocycles. The molecule has 5 heteroatoms. The first-order chi connectivity index (χ1) is 8.42. The number of ether oxygens (including phenoxy) is 1. The van der Waals surface area contributed by atoms with Gasteiger partial charge >= 0.3 is 0 Å². The fraction of sp³-hybridized carbons (Fsp3) is 0.923. The molecular weight excluding hydrogens is 248 g/mol. The van der Waals surface area contributed by atoms with Gasteiger partial charge in [0.2, 0.25) is 5.91 Å². The number of amides is 1. The molecule has 0 aliphatic carbocycles. The topological polar surface area (TPSA) is 41.6 Å². The van der Waals surface area contributed by atoms with Gasteiger partial charge in [0.25, 0.3) is 0 Å². The van der Waals surface area contributed by atoms with Crippen LogP contribution in [0.4, 0.5) is 0 Å². The number of nitrogens with one attached hydrogen (secondary N) is 1. The molecule has 1 N–H and O–H groups in total. The van der Waals surface area contributed by atoms with Crippen LogP contribution < -0.4 is 5.32 Å². The normalized spacial score (nSPS) is 13.4. The molecule has 1 amide bonds. The Balaban J connectivity index is 4.13. The van der Waals surface area contributed by atoms with Crippen LogP contribution in [-0.2, 0) is 9.53 Å². The molecule has 0 aliphatic rings. The fourth-order valence-electron chi connectivity index (χ4n) is 1.71. The molecule has 0 rings (SSSR count). The van der Waals surface area contributed by atoms with Gasteiger partial charge in [0.15, 0.2) is 0 Å². The lowest BCUT2D eigenvalue weighted by Gasteiger charge is -2.32. The summed E-state index contributed by atoms with van der Waals surface area (Å²) in [6.07, 6.45) is 0. The van der Waals surface area contributed by atoms with Gasteiger partial charge in [0, 0.05) is 32.0 Å². The van der Waals surface area contributed by atoms with Crippen LogP contribution in [0, 0.1) is 0 Å². The number of carbonyl (C=O) groups excluding carboxylic acids is 1. The van der Waals surface area contributed by atoms with Gasteiger partial charge in [-0.2, -0.15) is 11.8 Å². The van der Waals surface area contributed by atoms with Crippen molar-refractivity contribution in [3.63, 3.8) is 0 Å². The maximum Gasteiger partial charge on any atom is 0.232 e. The molecule has 0 radical (unpaired) electrons. The van der Waals surface area contributed by atoms with Crippen LogP contribution in [0.25, 0.3) is 0 Å². The summed E-state index contributed by atoms with van der Waals surface area (Å²) in [6, 6.07) is 0.233. The van der Waals surface area contributed by atoms with Gasteiger partial charge in [-0.1, -0.05) is 0 Å². The molecule has 0 heterocycles. The van der Waals surface area contributed by atoms with E-state index >= 15 is 0 Å². The second-order valence-electron chi connectivity index (χ2n) is 4.73. The van der Waals surface area contributed by atoms with Crippen molar-refractivity contribution in [2.24, 2.45) is 0 Å². The highest BCUT2D eigenvalue weighted by Crippen LogP contribution is 2.18. The highest BCUT2D eigenvalue weighted by Gasteiger charge is 2.28. The van der Waals surface area contributed by atoms with Crippen LogP contribution in [0.3, 0.4) is 0 Å². The van der Waals surface area contributed by atoms with E-state index in [-0.39, 0.29) is 17.6 Å². The lowest BCUT2D eigenvalue weighted by molar-refractivity contribution is -0.127. The molecule has 0 saturated carbocycles. The van der Waals surface area contributed by atoms with E-state index in [4.69, 9.17) is 4.74 Å². The van der Waals surface area contributed by atoms with Crippen molar-refractivity contribution in [3.05, 3.63) is 0 Å². The number of methoxy groups -OCH3 is 1. The van der Waals surface area contributed by atoms with Crippen LogP contribution in [-0.4, -0.2) is 61.2 Å². The lowest BCUT2D eigenvalue weighted by atomic mass is 10.0.